The van der Waals surface area contributed by atoms with Gasteiger partial charge in [0, 0.05) is 43.7 Å². The van der Waals surface area contributed by atoms with E-state index in [1.165, 1.54) is 0 Å². The highest BCUT2D eigenvalue weighted by molar-refractivity contribution is 7.91. The van der Waals surface area contributed by atoms with Crippen LogP contribution in [0.3, 0.4) is 0 Å². The predicted octanol–water partition coefficient (Wildman–Crippen LogP) is 0.890. The second-order valence-electron chi connectivity index (χ2n) is 8.95. The number of nitrogens with zero attached hydrogens (tertiary/aromatic N) is 2. The molecule has 4 rings (SSSR count). The van der Waals surface area contributed by atoms with Crippen LogP contribution in [0.25, 0.3) is 0 Å². The molecule has 0 saturated carbocycles. The van der Waals surface area contributed by atoms with Crippen LogP contribution in [0.5, 0.6) is 0 Å². The highest BCUT2D eigenvalue weighted by Crippen LogP contribution is 2.28. The molecule has 8 nitrogen and oxygen atoms in total. The summed E-state index contributed by atoms with van der Waals surface area (Å²) in [5.41, 5.74) is 1.93. The molecule has 3 fully saturated rings. The molecule has 0 radical (unpaired) electrons. The van der Waals surface area contributed by atoms with Crippen molar-refractivity contribution in [2.75, 3.05) is 36.0 Å². The van der Waals surface area contributed by atoms with Crippen LogP contribution in [0.1, 0.15) is 31.2 Å². The van der Waals surface area contributed by atoms with E-state index in [4.69, 9.17) is 0 Å². The Bertz CT molecular complexity index is 967. The van der Waals surface area contributed by atoms with Crippen LogP contribution in [0.15, 0.2) is 24.3 Å². The molecule has 1 aromatic rings. The number of amides is 3. The van der Waals surface area contributed by atoms with Crippen molar-refractivity contribution in [1.29, 1.82) is 0 Å². The third-order valence-corrected chi connectivity index (χ3v) is 8.34. The van der Waals surface area contributed by atoms with Crippen molar-refractivity contribution in [1.82, 2.24) is 10.2 Å². The molecule has 1 aromatic carbocycles. The summed E-state index contributed by atoms with van der Waals surface area (Å²) in [7, 11) is -3.03. The first-order valence-corrected chi connectivity index (χ1v) is 12.7. The fourth-order valence-corrected chi connectivity index (χ4v) is 6.37. The zero-order chi connectivity index (χ0) is 22.2. The van der Waals surface area contributed by atoms with Crippen molar-refractivity contribution in [3.63, 3.8) is 0 Å². The molecule has 9 heteroatoms. The number of rotatable bonds is 4. The molecule has 3 heterocycles. The van der Waals surface area contributed by atoms with Crippen molar-refractivity contribution in [3.05, 3.63) is 29.8 Å². The van der Waals surface area contributed by atoms with E-state index >= 15 is 0 Å². The van der Waals surface area contributed by atoms with Crippen LogP contribution in [0.4, 0.5) is 5.69 Å². The second kappa shape index (κ2) is 8.61. The fourth-order valence-electron chi connectivity index (χ4n) is 4.70. The van der Waals surface area contributed by atoms with Gasteiger partial charge in [0.2, 0.25) is 17.7 Å². The lowest BCUT2D eigenvalue weighted by Crippen LogP contribution is -2.47. The number of nitrogens with one attached hydrogen (secondary N) is 1. The van der Waals surface area contributed by atoms with Gasteiger partial charge in [-0.3, -0.25) is 14.4 Å². The molecule has 3 aliphatic heterocycles. The minimum absolute atomic E-state index is 0.0171. The number of hydrogen-bond acceptors (Lipinski definition) is 5. The summed E-state index contributed by atoms with van der Waals surface area (Å²) in [5, 5.41) is 2.86. The van der Waals surface area contributed by atoms with E-state index in [-0.39, 0.29) is 53.5 Å². The lowest BCUT2D eigenvalue weighted by atomic mass is 9.94. The van der Waals surface area contributed by atoms with Gasteiger partial charge >= 0.3 is 0 Å². The molecule has 0 aromatic heterocycles. The molecular weight excluding hydrogens is 418 g/mol. The zero-order valence-electron chi connectivity index (χ0n) is 17.7. The molecule has 0 unspecified atom stereocenters. The maximum Gasteiger partial charge on any atom is 0.228 e. The molecular formula is C22H29N3O5S. The predicted molar refractivity (Wildman–Crippen MR) is 116 cm³/mol. The van der Waals surface area contributed by atoms with Gasteiger partial charge in [0.15, 0.2) is 9.84 Å². The van der Waals surface area contributed by atoms with Gasteiger partial charge in [0.25, 0.3) is 0 Å². The Balaban J connectivity index is 1.28. The van der Waals surface area contributed by atoms with Crippen LogP contribution in [0, 0.1) is 18.8 Å². The van der Waals surface area contributed by atoms with E-state index in [2.05, 4.69) is 5.32 Å². The Morgan fingerprint density at radius 1 is 1.03 bits per heavy atom. The van der Waals surface area contributed by atoms with Gasteiger partial charge in [-0.25, -0.2) is 8.42 Å². The molecule has 0 aliphatic carbocycles. The minimum Gasteiger partial charge on any atom is -0.352 e. The van der Waals surface area contributed by atoms with Gasteiger partial charge in [-0.15, -0.1) is 0 Å². The minimum atomic E-state index is -3.03. The van der Waals surface area contributed by atoms with Crippen molar-refractivity contribution in [2.24, 2.45) is 11.8 Å². The Morgan fingerprint density at radius 3 is 2.32 bits per heavy atom. The number of aryl methyl sites for hydroxylation is 1. The Labute approximate surface area is 182 Å². The molecule has 1 N–H and O–H groups in total. The lowest BCUT2D eigenvalue weighted by molar-refractivity contribution is -0.139. The standard InChI is InChI=1S/C22H29N3O5S/c1-15-2-4-19(5-3-15)25-13-17(12-20(25)26)22(28)24-9-6-16(7-10-24)21(27)23-18-8-11-31(29,30)14-18/h2-5,16-18H,6-14H2,1H3,(H,23,27)/t17-,18+/m1/s1. The van der Waals surface area contributed by atoms with Crippen molar-refractivity contribution >= 4 is 33.2 Å². The Kier molecular flexibility index (Phi) is 6.05. The molecule has 2 atom stereocenters. The third-order valence-electron chi connectivity index (χ3n) is 6.58. The summed E-state index contributed by atoms with van der Waals surface area (Å²) >= 11 is 0. The molecule has 3 saturated heterocycles. The van der Waals surface area contributed by atoms with Crippen molar-refractivity contribution in [3.8, 4) is 0 Å². The van der Waals surface area contributed by atoms with Gasteiger partial charge in [0.05, 0.1) is 17.4 Å². The first-order valence-electron chi connectivity index (χ1n) is 10.9. The summed E-state index contributed by atoms with van der Waals surface area (Å²) in [4.78, 5) is 41.4. The van der Waals surface area contributed by atoms with Crippen LogP contribution >= 0.6 is 0 Å². The third kappa shape index (κ3) is 4.92. The normalized spacial score (nSPS) is 26.3. The number of benzene rings is 1. The molecule has 3 aliphatic rings. The van der Waals surface area contributed by atoms with Crippen LogP contribution in [-0.4, -0.2) is 68.2 Å². The monoisotopic (exact) mass is 447 g/mol. The number of piperidine rings is 1. The summed E-state index contributed by atoms with van der Waals surface area (Å²) in [5.74, 6) is -0.597. The van der Waals surface area contributed by atoms with E-state index in [1.807, 2.05) is 31.2 Å². The van der Waals surface area contributed by atoms with Gasteiger partial charge in [-0.1, -0.05) is 17.7 Å². The topological polar surface area (TPSA) is 104 Å². The molecule has 31 heavy (non-hydrogen) atoms. The first kappa shape index (κ1) is 21.8. The molecule has 0 spiro atoms. The average Bonchev–Trinajstić information content (AvgIpc) is 3.29. The van der Waals surface area contributed by atoms with Gasteiger partial charge < -0.3 is 15.1 Å². The van der Waals surface area contributed by atoms with Gasteiger partial charge in [-0.05, 0) is 38.3 Å². The Hall–Kier alpha value is -2.42. The Morgan fingerprint density at radius 2 is 1.71 bits per heavy atom. The van der Waals surface area contributed by atoms with Crippen molar-refractivity contribution in [2.45, 2.75) is 38.6 Å². The lowest BCUT2D eigenvalue weighted by Gasteiger charge is -2.33. The number of carbonyl (C=O) groups excluding carboxylic acids is 3. The molecule has 168 valence electrons. The maximum atomic E-state index is 13.0. The van der Waals surface area contributed by atoms with E-state index in [0.29, 0.717) is 38.9 Å². The number of anilines is 1. The molecule has 3 amide bonds. The van der Waals surface area contributed by atoms with E-state index in [1.54, 1.807) is 9.80 Å². The number of carbonyl (C=O) groups is 3. The number of hydrogen-bond donors (Lipinski definition) is 1. The van der Waals surface area contributed by atoms with Gasteiger partial charge in [0.1, 0.15) is 0 Å². The van der Waals surface area contributed by atoms with E-state index in [9.17, 15) is 22.8 Å². The van der Waals surface area contributed by atoms with Gasteiger partial charge in [-0.2, -0.15) is 0 Å². The summed E-state index contributed by atoms with van der Waals surface area (Å²) in [6, 6.07) is 7.41. The summed E-state index contributed by atoms with van der Waals surface area (Å²) < 4.78 is 23.1. The quantitative estimate of drug-likeness (QED) is 0.738. The summed E-state index contributed by atoms with van der Waals surface area (Å²) in [6.45, 7) is 3.34. The SMILES string of the molecule is Cc1ccc(N2C[C@H](C(=O)N3CCC(C(=O)N[C@H]4CCS(=O)(=O)C4)CC3)CC2=O)cc1. The van der Waals surface area contributed by atoms with Crippen LogP contribution < -0.4 is 10.2 Å². The highest BCUT2D eigenvalue weighted by atomic mass is 32.2. The smallest absolute Gasteiger partial charge is 0.228 e. The van der Waals surface area contributed by atoms with Crippen LogP contribution in [-0.2, 0) is 24.2 Å². The van der Waals surface area contributed by atoms with E-state index in [0.717, 1.165) is 11.3 Å². The van der Waals surface area contributed by atoms with Crippen molar-refractivity contribution < 1.29 is 22.8 Å². The van der Waals surface area contributed by atoms with E-state index < -0.39 is 9.84 Å². The number of likely N-dealkylation sites (tertiary alicyclic amines) is 1. The molecule has 0 bridgehead atoms. The van der Waals surface area contributed by atoms with Crippen LogP contribution in [0.2, 0.25) is 0 Å². The summed E-state index contributed by atoms with van der Waals surface area (Å²) in [6.07, 6.45) is 1.79. The fraction of sp³-hybridized carbons (Fsp3) is 0.591. The second-order valence-corrected chi connectivity index (χ2v) is 11.2. The first-order chi connectivity index (χ1) is 14.7. The highest BCUT2D eigenvalue weighted by Gasteiger charge is 2.39. The average molecular weight is 448 g/mol. The number of sulfone groups is 1. The largest absolute Gasteiger partial charge is 0.352 e. The maximum absolute atomic E-state index is 13.0. The zero-order valence-corrected chi connectivity index (χ0v) is 18.6.